The number of piperidine rings is 1. The first-order valence-electron chi connectivity index (χ1n) is 9.65. The fourth-order valence-corrected chi connectivity index (χ4v) is 3.65. The van der Waals surface area contributed by atoms with Crippen molar-refractivity contribution in [2.24, 2.45) is 0 Å². The van der Waals surface area contributed by atoms with Crippen LogP contribution in [0.4, 0.5) is 11.8 Å². The minimum atomic E-state index is -1.06. The molecule has 150 valence electrons. The average Bonchev–Trinajstić information content (AvgIpc) is 2.68. The molecule has 0 amide bonds. The van der Waals surface area contributed by atoms with E-state index in [9.17, 15) is 9.90 Å². The lowest BCUT2D eigenvalue weighted by molar-refractivity contribution is -0.142. The van der Waals surface area contributed by atoms with E-state index in [4.69, 9.17) is 9.72 Å². The summed E-state index contributed by atoms with van der Waals surface area (Å²) in [7, 11) is 4.21. The van der Waals surface area contributed by atoms with Crippen LogP contribution < -0.4 is 9.80 Å². The van der Waals surface area contributed by atoms with Gasteiger partial charge in [0.05, 0.1) is 18.6 Å². The van der Waals surface area contributed by atoms with Crippen molar-refractivity contribution in [2.75, 3.05) is 63.3 Å². The van der Waals surface area contributed by atoms with E-state index >= 15 is 0 Å². The summed E-state index contributed by atoms with van der Waals surface area (Å²) in [4.78, 5) is 27.9. The normalized spacial score (nSPS) is 21.6. The van der Waals surface area contributed by atoms with Gasteiger partial charge in [-0.25, -0.2) is 4.98 Å². The summed E-state index contributed by atoms with van der Waals surface area (Å²) in [6.45, 7) is 7.89. The molecule has 1 atom stereocenters. The summed E-state index contributed by atoms with van der Waals surface area (Å²) in [6.07, 6.45) is 3.98. The van der Waals surface area contributed by atoms with Crippen LogP contribution in [0.25, 0.3) is 0 Å². The molecule has 3 heterocycles. The van der Waals surface area contributed by atoms with Crippen molar-refractivity contribution in [1.29, 1.82) is 0 Å². The Morgan fingerprint density at radius 1 is 1.26 bits per heavy atom. The van der Waals surface area contributed by atoms with Gasteiger partial charge in [0.25, 0.3) is 0 Å². The number of nitrogens with zero attached hydrogens (tertiary/aromatic N) is 5. The summed E-state index contributed by atoms with van der Waals surface area (Å²) in [5, 5.41) is 9.72. The highest BCUT2D eigenvalue weighted by Gasteiger charge is 2.36. The Hall–Kier alpha value is -1.93. The summed E-state index contributed by atoms with van der Waals surface area (Å²) in [5.74, 6) is 0.537. The van der Waals surface area contributed by atoms with Crippen LogP contribution in [0.3, 0.4) is 0 Å². The molecule has 2 aliphatic rings. The Bertz CT molecular complexity index is 673. The zero-order chi connectivity index (χ0) is 19.6. The zero-order valence-electron chi connectivity index (χ0n) is 16.8. The molecule has 0 spiro atoms. The maximum atomic E-state index is 11.8. The molecule has 0 aromatic carbocycles. The van der Waals surface area contributed by atoms with Gasteiger partial charge >= 0.3 is 5.97 Å². The summed E-state index contributed by atoms with van der Waals surface area (Å²) < 4.78 is 5.46. The first kappa shape index (κ1) is 19.8. The van der Waals surface area contributed by atoms with Crippen LogP contribution in [0.5, 0.6) is 0 Å². The summed E-state index contributed by atoms with van der Waals surface area (Å²) in [6, 6.07) is 0.476. The molecule has 0 aliphatic carbocycles. The van der Waals surface area contributed by atoms with Crippen molar-refractivity contribution < 1.29 is 14.6 Å². The summed E-state index contributed by atoms with van der Waals surface area (Å²) in [5.41, 5.74) is -0.401. The minimum absolute atomic E-state index is 0.476. The Kier molecular flexibility index (Phi) is 5.86. The van der Waals surface area contributed by atoms with Crippen LogP contribution in [-0.4, -0.2) is 85.5 Å². The van der Waals surface area contributed by atoms with Crippen molar-refractivity contribution >= 4 is 17.7 Å². The molecular formula is C19H31N5O3. The van der Waals surface area contributed by atoms with Crippen LogP contribution in [-0.2, 0) is 14.9 Å². The number of aliphatic carboxylic acids is 1. The number of anilines is 2. The second-order valence-electron chi connectivity index (χ2n) is 8.14. The molecule has 1 aromatic rings. The van der Waals surface area contributed by atoms with Gasteiger partial charge in [-0.15, -0.1) is 0 Å². The van der Waals surface area contributed by atoms with E-state index in [0.29, 0.717) is 43.9 Å². The fraction of sp³-hybridized carbons (Fsp3) is 0.737. The van der Waals surface area contributed by atoms with Gasteiger partial charge in [-0.3, -0.25) is 4.79 Å². The van der Waals surface area contributed by atoms with E-state index in [-0.39, 0.29) is 0 Å². The second-order valence-corrected chi connectivity index (χ2v) is 8.14. The molecule has 0 saturated carbocycles. The number of likely N-dealkylation sites (N-methyl/N-ethyl adjacent to an activating group) is 1. The maximum absolute atomic E-state index is 11.8. The Labute approximate surface area is 161 Å². The Morgan fingerprint density at radius 2 is 1.96 bits per heavy atom. The van der Waals surface area contributed by atoms with Gasteiger partial charge in [0.1, 0.15) is 5.82 Å². The van der Waals surface area contributed by atoms with E-state index in [1.54, 1.807) is 20.0 Å². The number of aromatic nitrogens is 2. The molecule has 0 bridgehead atoms. The van der Waals surface area contributed by atoms with Crippen LogP contribution in [0.1, 0.15) is 32.3 Å². The van der Waals surface area contributed by atoms with Crippen molar-refractivity contribution in [1.82, 2.24) is 14.9 Å². The fourth-order valence-electron chi connectivity index (χ4n) is 3.65. The molecule has 2 fully saturated rings. The monoisotopic (exact) mass is 377 g/mol. The molecule has 2 saturated heterocycles. The van der Waals surface area contributed by atoms with E-state index in [0.717, 1.165) is 25.3 Å². The highest BCUT2D eigenvalue weighted by molar-refractivity contribution is 5.82. The third kappa shape index (κ3) is 4.16. The van der Waals surface area contributed by atoms with Crippen LogP contribution in [0.15, 0.2) is 6.20 Å². The number of hydrogen-bond donors (Lipinski definition) is 1. The van der Waals surface area contributed by atoms with E-state index in [1.165, 1.54) is 6.42 Å². The quantitative estimate of drug-likeness (QED) is 0.820. The molecule has 8 nitrogen and oxygen atoms in total. The van der Waals surface area contributed by atoms with E-state index in [2.05, 4.69) is 33.8 Å². The number of carboxylic acids is 1. The first-order valence-corrected chi connectivity index (χ1v) is 9.65. The molecule has 1 N–H and O–H groups in total. The van der Waals surface area contributed by atoms with Gasteiger partial charge in [-0.1, -0.05) is 0 Å². The SMILES string of the molecule is CN(C)C1CCCN(c2ncc(C(C)(C)C(=O)O)c(N3CCOCC3)n2)C1. The van der Waals surface area contributed by atoms with Crippen molar-refractivity contribution in [3.05, 3.63) is 11.8 Å². The standard InChI is InChI=1S/C19H31N5O3/c1-19(2,17(25)26)15-12-20-18(21-16(15)23-8-10-27-11-9-23)24-7-5-6-14(13-24)22(3)4/h12,14H,5-11,13H2,1-4H3,(H,25,26). The number of rotatable bonds is 5. The lowest BCUT2D eigenvalue weighted by Crippen LogP contribution is -2.46. The predicted molar refractivity (Wildman–Crippen MR) is 105 cm³/mol. The van der Waals surface area contributed by atoms with Gasteiger partial charge in [-0.05, 0) is 40.8 Å². The Balaban J connectivity index is 1.96. The molecule has 0 radical (unpaired) electrons. The third-order valence-corrected chi connectivity index (χ3v) is 5.68. The smallest absolute Gasteiger partial charge is 0.313 e. The molecule has 3 rings (SSSR count). The third-order valence-electron chi connectivity index (χ3n) is 5.68. The van der Waals surface area contributed by atoms with Crippen molar-refractivity contribution in [3.63, 3.8) is 0 Å². The minimum Gasteiger partial charge on any atom is -0.481 e. The summed E-state index contributed by atoms with van der Waals surface area (Å²) >= 11 is 0. The molecule has 1 unspecified atom stereocenters. The lowest BCUT2D eigenvalue weighted by Gasteiger charge is -2.37. The van der Waals surface area contributed by atoms with Gasteiger partial charge in [0.15, 0.2) is 0 Å². The van der Waals surface area contributed by atoms with Crippen LogP contribution in [0.2, 0.25) is 0 Å². The van der Waals surface area contributed by atoms with E-state index < -0.39 is 11.4 Å². The molecule has 8 heteroatoms. The zero-order valence-corrected chi connectivity index (χ0v) is 16.8. The van der Waals surface area contributed by atoms with Crippen LogP contribution >= 0.6 is 0 Å². The van der Waals surface area contributed by atoms with E-state index in [1.807, 2.05) is 0 Å². The van der Waals surface area contributed by atoms with Gasteiger partial charge < -0.3 is 24.5 Å². The number of carbonyl (C=O) groups is 1. The molecular weight excluding hydrogens is 346 g/mol. The topological polar surface area (TPSA) is 82.0 Å². The molecule has 1 aromatic heterocycles. The Morgan fingerprint density at radius 3 is 2.59 bits per heavy atom. The van der Waals surface area contributed by atoms with Gasteiger partial charge in [0, 0.05) is 44.0 Å². The highest BCUT2D eigenvalue weighted by Crippen LogP contribution is 2.33. The van der Waals surface area contributed by atoms with Gasteiger partial charge in [0.2, 0.25) is 5.95 Å². The van der Waals surface area contributed by atoms with Crippen LogP contribution in [0, 0.1) is 0 Å². The maximum Gasteiger partial charge on any atom is 0.313 e. The molecule has 27 heavy (non-hydrogen) atoms. The number of hydrogen-bond acceptors (Lipinski definition) is 7. The predicted octanol–water partition coefficient (Wildman–Crippen LogP) is 1.21. The lowest BCUT2D eigenvalue weighted by atomic mass is 9.85. The number of morpholine rings is 1. The van der Waals surface area contributed by atoms with Gasteiger partial charge in [-0.2, -0.15) is 4.98 Å². The average molecular weight is 377 g/mol. The van der Waals surface area contributed by atoms with Crippen molar-refractivity contribution in [3.8, 4) is 0 Å². The highest BCUT2D eigenvalue weighted by atomic mass is 16.5. The molecule has 2 aliphatic heterocycles. The largest absolute Gasteiger partial charge is 0.481 e. The number of carboxylic acid groups (broad SMARTS) is 1. The second kappa shape index (κ2) is 7.98. The van der Waals surface area contributed by atoms with Crippen molar-refractivity contribution in [2.45, 2.75) is 38.1 Å². The first-order chi connectivity index (χ1) is 12.8. The number of ether oxygens (including phenoxy) is 1.